The van der Waals surface area contributed by atoms with Crippen LogP contribution in [0.1, 0.15) is 22.6 Å². The molecule has 0 saturated heterocycles. The van der Waals surface area contributed by atoms with Crippen molar-refractivity contribution in [2.45, 2.75) is 25.9 Å². The topological polar surface area (TPSA) is 29.3 Å². The first kappa shape index (κ1) is 12.4. The van der Waals surface area contributed by atoms with Gasteiger partial charge in [-0.2, -0.15) is 0 Å². The van der Waals surface area contributed by atoms with Gasteiger partial charge < -0.3 is 10.6 Å². The van der Waals surface area contributed by atoms with Gasteiger partial charge in [-0.25, -0.2) is 0 Å². The lowest BCUT2D eigenvalue weighted by atomic mass is 10.3. The second kappa shape index (κ2) is 6.77. The van der Waals surface area contributed by atoms with Crippen LogP contribution >= 0.6 is 11.3 Å². The fourth-order valence-corrected chi connectivity index (χ4v) is 2.44. The Morgan fingerprint density at radius 3 is 2.80 bits per heavy atom. The summed E-state index contributed by atoms with van der Waals surface area (Å²) in [7, 11) is 2.16. The highest BCUT2D eigenvalue weighted by molar-refractivity contribution is 7.11. The van der Waals surface area contributed by atoms with Gasteiger partial charge in [0.25, 0.3) is 0 Å². The molecule has 84 valence electrons. The van der Waals surface area contributed by atoms with Crippen molar-refractivity contribution in [3.8, 4) is 0 Å². The molecule has 0 amide bonds. The van der Waals surface area contributed by atoms with Gasteiger partial charge in [0.05, 0.1) is 0 Å². The van der Waals surface area contributed by atoms with Crippen molar-refractivity contribution in [3.05, 3.63) is 34.5 Å². The summed E-state index contributed by atoms with van der Waals surface area (Å²) in [5.41, 5.74) is 5.58. The standard InChI is InChI=1S/C12H20N2S/c1-3-4-5-8-14(2)10-12-7-6-11(9-13)15-12/h3,6-7H,1,4-5,8-10,13H2,2H3. The Balaban J connectivity index is 2.30. The zero-order chi connectivity index (χ0) is 11.1. The summed E-state index contributed by atoms with van der Waals surface area (Å²) in [5.74, 6) is 0. The van der Waals surface area contributed by atoms with E-state index in [4.69, 9.17) is 5.73 Å². The van der Waals surface area contributed by atoms with E-state index in [1.165, 1.54) is 16.2 Å². The first-order valence-electron chi connectivity index (χ1n) is 5.33. The van der Waals surface area contributed by atoms with Gasteiger partial charge in [-0.1, -0.05) is 6.08 Å². The van der Waals surface area contributed by atoms with E-state index >= 15 is 0 Å². The van der Waals surface area contributed by atoms with Crippen LogP contribution in [0.3, 0.4) is 0 Å². The molecule has 1 aromatic rings. The summed E-state index contributed by atoms with van der Waals surface area (Å²) in [6, 6.07) is 4.30. The molecule has 1 aromatic heterocycles. The van der Waals surface area contributed by atoms with Crippen molar-refractivity contribution in [2.75, 3.05) is 13.6 Å². The van der Waals surface area contributed by atoms with Gasteiger partial charge >= 0.3 is 0 Å². The van der Waals surface area contributed by atoms with Crippen LogP contribution in [0.15, 0.2) is 24.8 Å². The molecule has 0 aromatic carbocycles. The van der Waals surface area contributed by atoms with E-state index in [1.54, 1.807) is 0 Å². The van der Waals surface area contributed by atoms with E-state index in [9.17, 15) is 0 Å². The molecule has 0 saturated carbocycles. The van der Waals surface area contributed by atoms with Crippen molar-refractivity contribution >= 4 is 11.3 Å². The molecule has 0 aliphatic heterocycles. The molecule has 0 fully saturated rings. The minimum absolute atomic E-state index is 0.658. The smallest absolute Gasteiger partial charge is 0.0324 e. The van der Waals surface area contributed by atoms with Crippen molar-refractivity contribution in [2.24, 2.45) is 5.73 Å². The maximum Gasteiger partial charge on any atom is 0.0324 e. The van der Waals surface area contributed by atoms with Crippen LogP contribution in [0, 0.1) is 0 Å². The lowest BCUT2D eigenvalue weighted by Gasteiger charge is -2.14. The number of rotatable bonds is 7. The fraction of sp³-hybridized carbons (Fsp3) is 0.500. The maximum absolute atomic E-state index is 5.58. The number of hydrogen-bond donors (Lipinski definition) is 1. The molecule has 15 heavy (non-hydrogen) atoms. The van der Waals surface area contributed by atoms with Gasteiger partial charge in [-0.05, 0) is 38.6 Å². The third-order valence-corrected chi connectivity index (χ3v) is 3.38. The van der Waals surface area contributed by atoms with Gasteiger partial charge in [-0.3, -0.25) is 0 Å². The highest BCUT2D eigenvalue weighted by atomic mass is 32.1. The summed E-state index contributed by atoms with van der Waals surface area (Å²) in [5, 5.41) is 0. The molecular weight excluding hydrogens is 204 g/mol. The Kier molecular flexibility index (Phi) is 5.61. The summed E-state index contributed by atoms with van der Waals surface area (Å²) < 4.78 is 0. The van der Waals surface area contributed by atoms with Crippen molar-refractivity contribution in [3.63, 3.8) is 0 Å². The second-order valence-corrected chi connectivity index (χ2v) is 4.99. The van der Waals surface area contributed by atoms with Crippen molar-refractivity contribution in [1.29, 1.82) is 0 Å². The Hall–Kier alpha value is -0.640. The number of hydrogen-bond acceptors (Lipinski definition) is 3. The van der Waals surface area contributed by atoms with E-state index in [0.717, 1.165) is 19.5 Å². The van der Waals surface area contributed by atoms with E-state index < -0.39 is 0 Å². The van der Waals surface area contributed by atoms with Crippen LogP contribution in [0.25, 0.3) is 0 Å². The predicted octanol–water partition coefficient (Wildman–Crippen LogP) is 2.60. The molecule has 0 radical (unpaired) electrons. The van der Waals surface area contributed by atoms with Gasteiger partial charge in [0, 0.05) is 22.8 Å². The Bertz CT molecular complexity index is 294. The van der Waals surface area contributed by atoms with E-state index in [2.05, 4.69) is 30.7 Å². The van der Waals surface area contributed by atoms with Gasteiger partial charge in [0.15, 0.2) is 0 Å². The fourth-order valence-electron chi connectivity index (χ4n) is 1.47. The SMILES string of the molecule is C=CCCCN(C)Cc1ccc(CN)s1. The van der Waals surface area contributed by atoms with Crippen LogP contribution in [0.4, 0.5) is 0 Å². The van der Waals surface area contributed by atoms with Crippen LogP contribution in [0.5, 0.6) is 0 Å². The Morgan fingerprint density at radius 2 is 2.20 bits per heavy atom. The van der Waals surface area contributed by atoms with Crippen molar-refractivity contribution in [1.82, 2.24) is 4.90 Å². The monoisotopic (exact) mass is 224 g/mol. The normalized spacial score (nSPS) is 10.9. The zero-order valence-electron chi connectivity index (χ0n) is 9.41. The summed E-state index contributed by atoms with van der Waals surface area (Å²) in [6.45, 7) is 6.54. The molecular formula is C12H20N2S. The van der Waals surface area contributed by atoms with Crippen molar-refractivity contribution < 1.29 is 0 Å². The van der Waals surface area contributed by atoms with Gasteiger partial charge in [0.2, 0.25) is 0 Å². The molecule has 2 N–H and O–H groups in total. The lowest BCUT2D eigenvalue weighted by Crippen LogP contribution is -2.18. The molecule has 1 heterocycles. The summed E-state index contributed by atoms with van der Waals surface area (Å²) in [6.07, 6.45) is 4.27. The highest BCUT2D eigenvalue weighted by Crippen LogP contribution is 2.17. The average molecular weight is 224 g/mol. The highest BCUT2D eigenvalue weighted by Gasteiger charge is 2.02. The molecule has 0 bridgehead atoms. The number of nitrogens with two attached hydrogens (primary N) is 1. The van der Waals surface area contributed by atoms with Gasteiger partial charge in [0.1, 0.15) is 0 Å². The molecule has 1 rings (SSSR count). The number of unbranched alkanes of at least 4 members (excludes halogenated alkanes) is 1. The predicted molar refractivity (Wildman–Crippen MR) is 68.0 cm³/mol. The molecule has 0 atom stereocenters. The number of nitrogens with zero attached hydrogens (tertiary/aromatic N) is 1. The van der Waals surface area contributed by atoms with Crippen LogP contribution < -0.4 is 5.73 Å². The quantitative estimate of drug-likeness (QED) is 0.570. The molecule has 0 aliphatic carbocycles. The van der Waals surface area contributed by atoms with Crippen LogP contribution in [-0.4, -0.2) is 18.5 Å². The zero-order valence-corrected chi connectivity index (χ0v) is 10.2. The molecule has 0 aliphatic rings. The van der Waals surface area contributed by atoms with Crippen LogP contribution in [-0.2, 0) is 13.1 Å². The third-order valence-electron chi connectivity index (χ3n) is 2.29. The minimum atomic E-state index is 0.658. The van der Waals surface area contributed by atoms with Crippen LogP contribution in [0.2, 0.25) is 0 Å². The lowest BCUT2D eigenvalue weighted by molar-refractivity contribution is 0.326. The van der Waals surface area contributed by atoms with E-state index in [-0.39, 0.29) is 0 Å². The third kappa shape index (κ3) is 4.60. The molecule has 2 nitrogen and oxygen atoms in total. The number of allylic oxidation sites excluding steroid dienone is 1. The Morgan fingerprint density at radius 1 is 1.47 bits per heavy atom. The molecule has 3 heteroatoms. The first-order valence-corrected chi connectivity index (χ1v) is 6.15. The average Bonchev–Trinajstić information content (AvgIpc) is 2.66. The largest absolute Gasteiger partial charge is 0.326 e. The Labute approximate surface area is 96.4 Å². The summed E-state index contributed by atoms with van der Waals surface area (Å²) >= 11 is 1.81. The first-order chi connectivity index (χ1) is 7.26. The minimum Gasteiger partial charge on any atom is -0.326 e. The molecule has 0 spiro atoms. The summed E-state index contributed by atoms with van der Waals surface area (Å²) in [4.78, 5) is 5.01. The van der Waals surface area contributed by atoms with E-state index in [1.807, 2.05) is 17.4 Å². The van der Waals surface area contributed by atoms with Gasteiger partial charge in [-0.15, -0.1) is 17.9 Å². The van der Waals surface area contributed by atoms with E-state index in [0.29, 0.717) is 6.54 Å². The number of thiophene rings is 1. The second-order valence-electron chi connectivity index (χ2n) is 3.74. The maximum atomic E-state index is 5.58. The molecule has 0 unspecified atom stereocenters.